The second-order valence-corrected chi connectivity index (χ2v) is 6.61. The molecule has 0 heterocycles. The van der Waals surface area contributed by atoms with Gasteiger partial charge in [0.2, 0.25) is 0 Å². The molecule has 3 nitrogen and oxygen atoms in total. The Hall–Kier alpha value is -1.27. The van der Waals surface area contributed by atoms with Crippen LogP contribution in [0.15, 0.2) is 12.2 Å². The zero-order valence-corrected chi connectivity index (χ0v) is 13.0. The predicted molar refractivity (Wildman–Crippen MR) is 79.9 cm³/mol. The van der Waals surface area contributed by atoms with Gasteiger partial charge in [0.15, 0.2) is 0 Å². The number of aliphatic hydroxyl groups is 1. The first-order chi connectivity index (χ1) is 9.20. The molecular formula is C17H26O3. The molecule has 1 unspecified atom stereocenters. The first-order valence-electron chi connectivity index (χ1n) is 7.29. The lowest BCUT2D eigenvalue weighted by atomic mass is 9.75. The van der Waals surface area contributed by atoms with Gasteiger partial charge in [0.1, 0.15) is 5.60 Å². The van der Waals surface area contributed by atoms with Crippen LogP contribution in [-0.4, -0.2) is 22.8 Å². The number of hydrogen-bond donors (Lipinski definition) is 1. The summed E-state index contributed by atoms with van der Waals surface area (Å²) in [6.07, 6.45) is 3.12. The summed E-state index contributed by atoms with van der Waals surface area (Å²) >= 11 is 0. The molecule has 0 bridgehead atoms. The van der Waals surface area contributed by atoms with E-state index in [1.165, 1.54) is 0 Å². The number of esters is 1. The van der Waals surface area contributed by atoms with E-state index in [1.54, 1.807) is 0 Å². The van der Waals surface area contributed by atoms with Crippen LogP contribution < -0.4 is 0 Å². The molecule has 0 amide bonds. The van der Waals surface area contributed by atoms with E-state index in [2.05, 4.69) is 25.3 Å². The highest BCUT2D eigenvalue weighted by Gasteiger charge is 2.28. The molecule has 1 aliphatic carbocycles. The average molecular weight is 278 g/mol. The van der Waals surface area contributed by atoms with Crippen molar-refractivity contribution >= 4 is 5.97 Å². The van der Waals surface area contributed by atoms with E-state index in [0.717, 1.165) is 24.8 Å². The highest BCUT2D eigenvalue weighted by atomic mass is 16.6. The lowest BCUT2D eigenvalue weighted by Gasteiger charge is -2.32. The minimum atomic E-state index is -0.501. The minimum absolute atomic E-state index is 0.298. The standard InChI is InChI=1S/C17H26O3/c1-12(14-9-7-10-15(18)13(14)2)8-6-11-16(19)20-17(3,4)5/h12,14-15,18H,2,7-10H2,1,3-5H3/t12?,14-,15+/m1/s1. The van der Waals surface area contributed by atoms with E-state index in [4.69, 9.17) is 4.74 Å². The molecule has 3 atom stereocenters. The summed E-state index contributed by atoms with van der Waals surface area (Å²) in [5.41, 5.74) is 0.418. The highest BCUT2D eigenvalue weighted by Crippen LogP contribution is 2.35. The molecule has 1 N–H and O–H groups in total. The monoisotopic (exact) mass is 278 g/mol. The maximum Gasteiger partial charge on any atom is 0.384 e. The lowest BCUT2D eigenvalue weighted by molar-refractivity contribution is -0.147. The fourth-order valence-corrected chi connectivity index (χ4v) is 2.53. The molecule has 0 aromatic carbocycles. The lowest BCUT2D eigenvalue weighted by Crippen LogP contribution is -2.27. The normalized spacial score (nSPS) is 24.6. The third-order valence-corrected chi connectivity index (χ3v) is 3.60. The van der Waals surface area contributed by atoms with Crippen LogP contribution >= 0.6 is 0 Å². The molecule has 112 valence electrons. The molecule has 3 heteroatoms. The van der Waals surface area contributed by atoms with Crippen LogP contribution in [0.4, 0.5) is 0 Å². The van der Waals surface area contributed by atoms with E-state index in [0.29, 0.717) is 18.3 Å². The van der Waals surface area contributed by atoms with Gasteiger partial charge in [-0.05, 0) is 57.4 Å². The van der Waals surface area contributed by atoms with E-state index >= 15 is 0 Å². The molecular weight excluding hydrogens is 252 g/mol. The average Bonchev–Trinajstić information content (AvgIpc) is 2.30. The molecule has 0 aromatic heterocycles. The molecule has 0 aromatic rings. The van der Waals surface area contributed by atoms with Crippen molar-refractivity contribution in [1.29, 1.82) is 0 Å². The van der Waals surface area contributed by atoms with Crippen molar-refractivity contribution in [2.24, 2.45) is 11.8 Å². The van der Waals surface area contributed by atoms with Crippen molar-refractivity contribution in [1.82, 2.24) is 0 Å². The number of carbonyl (C=O) groups is 1. The van der Waals surface area contributed by atoms with Crippen LogP contribution in [0.1, 0.15) is 53.4 Å². The summed E-state index contributed by atoms with van der Waals surface area (Å²) in [5, 5.41) is 9.83. The number of rotatable bonds is 2. The van der Waals surface area contributed by atoms with Crippen LogP contribution in [-0.2, 0) is 9.53 Å². The van der Waals surface area contributed by atoms with Crippen LogP contribution in [0.5, 0.6) is 0 Å². The van der Waals surface area contributed by atoms with Crippen LogP contribution in [0, 0.1) is 23.7 Å². The SMILES string of the molecule is C=C1[C@@H](O)CCC[C@@H]1C(C)CC#CC(=O)OC(C)(C)C. The molecule has 1 rings (SSSR count). The number of carbonyl (C=O) groups excluding carboxylic acids is 1. The fourth-order valence-electron chi connectivity index (χ4n) is 2.53. The largest absolute Gasteiger partial charge is 0.450 e. The summed E-state index contributed by atoms with van der Waals surface area (Å²) in [6.45, 7) is 11.6. The molecule has 0 spiro atoms. The zero-order valence-electron chi connectivity index (χ0n) is 13.0. The van der Waals surface area contributed by atoms with E-state index < -0.39 is 11.6 Å². The van der Waals surface area contributed by atoms with Gasteiger partial charge < -0.3 is 9.84 Å². The van der Waals surface area contributed by atoms with Crippen molar-refractivity contribution in [3.05, 3.63) is 12.2 Å². The Morgan fingerprint density at radius 2 is 2.15 bits per heavy atom. The first kappa shape index (κ1) is 16.8. The summed E-state index contributed by atoms with van der Waals surface area (Å²) in [6, 6.07) is 0. The van der Waals surface area contributed by atoms with E-state index in [9.17, 15) is 9.90 Å². The number of aliphatic hydroxyl groups excluding tert-OH is 1. The molecule has 0 aliphatic heterocycles. The third kappa shape index (κ3) is 5.38. The molecule has 20 heavy (non-hydrogen) atoms. The number of ether oxygens (including phenoxy) is 1. The second kappa shape index (κ2) is 6.95. The van der Waals surface area contributed by atoms with Crippen molar-refractivity contribution in [2.75, 3.05) is 0 Å². The van der Waals surface area contributed by atoms with Gasteiger partial charge in [-0.2, -0.15) is 0 Å². The molecule has 1 fully saturated rings. The Morgan fingerprint density at radius 1 is 1.50 bits per heavy atom. The van der Waals surface area contributed by atoms with Crippen LogP contribution in [0.3, 0.4) is 0 Å². The fraction of sp³-hybridized carbons (Fsp3) is 0.706. The predicted octanol–water partition coefficient (Wildman–Crippen LogP) is 3.07. The van der Waals surface area contributed by atoms with Gasteiger partial charge in [-0.25, -0.2) is 4.79 Å². The van der Waals surface area contributed by atoms with Gasteiger partial charge in [-0.15, -0.1) is 0 Å². The van der Waals surface area contributed by atoms with Crippen LogP contribution in [0.2, 0.25) is 0 Å². The maximum absolute atomic E-state index is 11.5. The van der Waals surface area contributed by atoms with Gasteiger partial charge in [-0.3, -0.25) is 0 Å². The van der Waals surface area contributed by atoms with Crippen molar-refractivity contribution < 1.29 is 14.6 Å². The molecule has 0 radical (unpaired) electrons. The van der Waals surface area contributed by atoms with Gasteiger partial charge in [0, 0.05) is 12.3 Å². The summed E-state index contributed by atoms with van der Waals surface area (Å²) in [7, 11) is 0. The smallest absolute Gasteiger partial charge is 0.384 e. The molecule has 0 saturated heterocycles. The topological polar surface area (TPSA) is 46.5 Å². The Bertz CT molecular complexity index is 420. The zero-order chi connectivity index (χ0) is 15.3. The highest BCUT2D eigenvalue weighted by molar-refractivity contribution is 5.88. The van der Waals surface area contributed by atoms with Gasteiger partial charge >= 0.3 is 5.97 Å². The summed E-state index contributed by atoms with van der Waals surface area (Å²) < 4.78 is 5.13. The van der Waals surface area contributed by atoms with Gasteiger partial charge in [0.25, 0.3) is 0 Å². The Balaban J connectivity index is 2.49. The Morgan fingerprint density at radius 3 is 2.75 bits per heavy atom. The van der Waals surface area contributed by atoms with Crippen molar-refractivity contribution in [2.45, 2.75) is 65.1 Å². The van der Waals surface area contributed by atoms with Gasteiger partial charge in [-0.1, -0.05) is 19.4 Å². The Kier molecular flexibility index (Phi) is 5.83. The number of hydrogen-bond acceptors (Lipinski definition) is 3. The van der Waals surface area contributed by atoms with Gasteiger partial charge in [0.05, 0.1) is 6.10 Å². The van der Waals surface area contributed by atoms with Crippen LogP contribution in [0.25, 0.3) is 0 Å². The second-order valence-electron chi connectivity index (χ2n) is 6.61. The third-order valence-electron chi connectivity index (χ3n) is 3.60. The quantitative estimate of drug-likeness (QED) is 0.365. The molecule has 1 aliphatic rings. The maximum atomic E-state index is 11.5. The minimum Gasteiger partial charge on any atom is -0.450 e. The van der Waals surface area contributed by atoms with E-state index in [-0.39, 0.29) is 6.10 Å². The first-order valence-corrected chi connectivity index (χ1v) is 7.29. The van der Waals surface area contributed by atoms with Crippen molar-refractivity contribution in [3.63, 3.8) is 0 Å². The van der Waals surface area contributed by atoms with Crippen molar-refractivity contribution in [3.8, 4) is 11.8 Å². The van der Waals surface area contributed by atoms with E-state index in [1.807, 2.05) is 20.8 Å². The summed E-state index contributed by atoms with van der Waals surface area (Å²) in [4.78, 5) is 11.5. The Labute approximate surface area is 122 Å². The molecule has 1 saturated carbocycles. The summed E-state index contributed by atoms with van der Waals surface area (Å²) in [5.74, 6) is 5.54.